The lowest BCUT2D eigenvalue weighted by molar-refractivity contribution is 0.0819. The molecule has 1 heteroatoms. The molecule has 3 fully saturated rings. The minimum Gasteiger partial charge on any atom is -0.198 e. The van der Waals surface area contributed by atoms with Gasteiger partial charge in [-0.05, 0) is 87.4 Å². The Kier molecular flexibility index (Phi) is 7.48. The summed E-state index contributed by atoms with van der Waals surface area (Å²) in [5.74, 6) is 4.92. The number of hydrogen-bond acceptors (Lipinski definition) is 1. The lowest BCUT2D eigenvalue weighted by atomic mass is 9.61. The predicted molar refractivity (Wildman–Crippen MR) is 111 cm³/mol. The van der Waals surface area contributed by atoms with Gasteiger partial charge in [0.2, 0.25) is 0 Å². The van der Waals surface area contributed by atoms with Crippen molar-refractivity contribution in [2.75, 3.05) is 0 Å². The van der Waals surface area contributed by atoms with Crippen molar-refractivity contribution in [2.24, 2.45) is 35.0 Å². The number of hydrogen-bond donors (Lipinski definition) is 0. The second-order valence-corrected chi connectivity index (χ2v) is 10.2. The summed E-state index contributed by atoms with van der Waals surface area (Å²) in [5, 5.41) is 9.89. The van der Waals surface area contributed by atoms with Crippen LogP contribution in [0.25, 0.3) is 0 Å². The van der Waals surface area contributed by atoms with E-state index in [0.717, 1.165) is 36.0 Å². The molecular formula is C25H43N. The summed E-state index contributed by atoms with van der Waals surface area (Å²) >= 11 is 0. The fraction of sp³-hybridized carbons (Fsp3) is 0.960. The zero-order valence-corrected chi connectivity index (χ0v) is 17.6. The summed E-state index contributed by atoms with van der Waals surface area (Å²) in [4.78, 5) is 0. The molecule has 0 aromatic heterocycles. The summed E-state index contributed by atoms with van der Waals surface area (Å²) in [7, 11) is 0. The van der Waals surface area contributed by atoms with Crippen LogP contribution in [0.2, 0.25) is 0 Å². The van der Waals surface area contributed by atoms with Gasteiger partial charge in [0.1, 0.15) is 0 Å². The molecule has 0 radical (unpaired) electrons. The molecule has 3 aliphatic carbocycles. The highest BCUT2D eigenvalue weighted by molar-refractivity contribution is 5.03. The number of rotatable bonds is 6. The zero-order valence-electron chi connectivity index (χ0n) is 17.6. The minimum absolute atomic E-state index is 0.0360. The molecule has 2 unspecified atom stereocenters. The maximum absolute atomic E-state index is 9.89. The highest BCUT2D eigenvalue weighted by atomic mass is 14.5. The second-order valence-electron chi connectivity index (χ2n) is 10.2. The summed E-state index contributed by atoms with van der Waals surface area (Å²) < 4.78 is 0. The number of nitrogens with zero attached hydrogens (tertiary/aromatic N) is 1. The SMILES string of the molecule is CCCCC1(C#N)CCCC([C@H]2CC[C@H]([C@H]3CC[C@H](CC)CC3)CC2)C1. The van der Waals surface area contributed by atoms with Crippen molar-refractivity contribution >= 4 is 0 Å². The molecule has 3 rings (SSSR count). The van der Waals surface area contributed by atoms with Crippen LogP contribution in [0.4, 0.5) is 0 Å². The van der Waals surface area contributed by atoms with E-state index in [9.17, 15) is 5.26 Å². The Hall–Kier alpha value is -0.510. The maximum Gasteiger partial charge on any atom is 0.0689 e. The zero-order chi connectivity index (χ0) is 18.4. The average Bonchev–Trinajstić information content (AvgIpc) is 2.72. The van der Waals surface area contributed by atoms with Gasteiger partial charge in [-0.25, -0.2) is 0 Å². The third kappa shape index (κ3) is 4.85. The topological polar surface area (TPSA) is 23.8 Å². The second kappa shape index (κ2) is 9.61. The molecule has 0 bridgehead atoms. The van der Waals surface area contributed by atoms with Gasteiger partial charge in [0.25, 0.3) is 0 Å². The van der Waals surface area contributed by atoms with Crippen molar-refractivity contribution in [1.29, 1.82) is 5.26 Å². The standard InChI is InChI=1S/C25H43N/c1-3-5-16-25(19-26)17-6-7-24(18-25)23-14-12-22(13-15-23)21-10-8-20(4-2)9-11-21/h20-24H,3-18H2,1-2H3/t20-,21-,22-,23-,24?,25?. The molecule has 26 heavy (non-hydrogen) atoms. The van der Waals surface area contributed by atoms with Gasteiger partial charge in [-0.15, -0.1) is 0 Å². The van der Waals surface area contributed by atoms with E-state index in [1.807, 2.05) is 0 Å². The Bertz CT molecular complexity index is 447. The van der Waals surface area contributed by atoms with Gasteiger partial charge in [-0.1, -0.05) is 58.8 Å². The van der Waals surface area contributed by atoms with Crippen LogP contribution in [-0.2, 0) is 0 Å². The molecule has 0 saturated heterocycles. The highest BCUT2D eigenvalue weighted by Crippen LogP contribution is 2.50. The molecule has 0 spiro atoms. The van der Waals surface area contributed by atoms with E-state index in [0.29, 0.717) is 0 Å². The van der Waals surface area contributed by atoms with E-state index >= 15 is 0 Å². The molecule has 3 saturated carbocycles. The lowest BCUT2D eigenvalue weighted by Crippen LogP contribution is -2.34. The van der Waals surface area contributed by atoms with E-state index in [1.165, 1.54) is 96.3 Å². The van der Waals surface area contributed by atoms with E-state index in [2.05, 4.69) is 19.9 Å². The Morgan fingerprint density at radius 2 is 1.38 bits per heavy atom. The normalized spacial score (nSPS) is 41.5. The largest absolute Gasteiger partial charge is 0.198 e. The van der Waals surface area contributed by atoms with Crippen molar-refractivity contribution in [2.45, 2.75) is 117 Å². The summed E-state index contributed by atoms with van der Waals surface area (Å²) in [6.07, 6.45) is 22.1. The van der Waals surface area contributed by atoms with Crippen LogP contribution in [-0.4, -0.2) is 0 Å². The molecule has 0 aromatic rings. The van der Waals surface area contributed by atoms with Gasteiger partial charge in [-0.3, -0.25) is 0 Å². The third-order valence-corrected chi connectivity index (χ3v) is 8.75. The molecule has 0 aliphatic heterocycles. The maximum atomic E-state index is 9.89. The van der Waals surface area contributed by atoms with Gasteiger partial charge >= 0.3 is 0 Å². The van der Waals surface area contributed by atoms with Crippen LogP contribution in [0, 0.1) is 46.3 Å². The van der Waals surface area contributed by atoms with E-state index < -0.39 is 0 Å². The summed E-state index contributed by atoms with van der Waals surface area (Å²) in [6, 6.07) is 2.79. The fourth-order valence-electron chi connectivity index (χ4n) is 6.87. The molecule has 148 valence electrons. The van der Waals surface area contributed by atoms with Crippen LogP contribution in [0.15, 0.2) is 0 Å². The van der Waals surface area contributed by atoms with Gasteiger partial charge in [0, 0.05) is 0 Å². The molecule has 0 heterocycles. The Morgan fingerprint density at radius 3 is 1.92 bits per heavy atom. The van der Waals surface area contributed by atoms with Crippen molar-refractivity contribution in [3.8, 4) is 6.07 Å². The molecular weight excluding hydrogens is 314 g/mol. The smallest absolute Gasteiger partial charge is 0.0689 e. The van der Waals surface area contributed by atoms with Crippen LogP contribution in [0.1, 0.15) is 117 Å². The van der Waals surface area contributed by atoms with Gasteiger partial charge in [0.05, 0.1) is 11.5 Å². The van der Waals surface area contributed by atoms with Crippen molar-refractivity contribution < 1.29 is 0 Å². The lowest BCUT2D eigenvalue weighted by Gasteiger charge is -2.43. The fourth-order valence-corrected chi connectivity index (χ4v) is 6.87. The quantitative estimate of drug-likeness (QED) is 0.474. The van der Waals surface area contributed by atoms with Crippen LogP contribution in [0.5, 0.6) is 0 Å². The first kappa shape index (κ1) is 20.2. The first-order valence-electron chi connectivity index (χ1n) is 12.1. The van der Waals surface area contributed by atoms with E-state index in [4.69, 9.17) is 0 Å². The molecule has 1 nitrogen and oxygen atoms in total. The molecule has 0 aromatic carbocycles. The molecule has 0 amide bonds. The molecule has 2 atom stereocenters. The van der Waals surface area contributed by atoms with Gasteiger partial charge in [0.15, 0.2) is 0 Å². The van der Waals surface area contributed by atoms with Crippen molar-refractivity contribution in [3.63, 3.8) is 0 Å². The number of unbranched alkanes of at least 4 members (excludes halogenated alkanes) is 1. The highest BCUT2D eigenvalue weighted by Gasteiger charge is 2.40. The first-order valence-corrected chi connectivity index (χ1v) is 12.1. The first-order chi connectivity index (χ1) is 12.7. The molecule has 3 aliphatic rings. The van der Waals surface area contributed by atoms with Crippen LogP contribution in [0.3, 0.4) is 0 Å². The Morgan fingerprint density at radius 1 is 0.808 bits per heavy atom. The number of nitriles is 1. The average molecular weight is 358 g/mol. The predicted octanol–water partition coefficient (Wildman–Crippen LogP) is 7.90. The monoisotopic (exact) mass is 357 g/mol. The van der Waals surface area contributed by atoms with E-state index in [-0.39, 0.29) is 5.41 Å². The Labute approximate surface area is 163 Å². The van der Waals surface area contributed by atoms with Crippen LogP contribution >= 0.6 is 0 Å². The van der Waals surface area contributed by atoms with Crippen LogP contribution < -0.4 is 0 Å². The summed E-state index contributed by atoms with van der Waals surface area (Å²) in [6.45, 7) is 4.64. The van der Waals surface area contributed by atoms with Crippen molar-refractivity contribution in [1.82, 2.24) is 0 Å². The molecule has 0 N–H and O–H groups in total. The summed E-state index contributed by atoms with van der Waals surface area (Å²) in [5.41, 5.74) is 0.0360. The third-order valence-electron chi connectivity index (χ3n) is 8.75. The van der Waals surface area contributed by atoms with Gasteiger partial charge in [-0.2, -0.15) is 5.26 Å². The van der Waals surface area contributed by atoms with E-state index in [1.54, 1.807) is 0 Å². The minimum atomic E-state index is 0.0360. The van der Waals surface area contributed by atoms with Crippen molar-refractivity contribution in [3.05, 3.63) is 0 Å². The Balaban J connectivity index is 1.48. The van der Waals surface area contributed by atoms with Gasteiger partial charge < -0.3 is 0 Å².